The highest BCUT2D eigenvalue weighted by molar-refractivity contribution is 6.99. The summed E-state index contributed by atoms with van der Waals surface area (Å²) in [5, 5.41) is 1.37. The Morgan fingerprint density at radius 3 is 1.25 bits per heavy atom. The zero-order valence-corrected chi connectivity index (χ0v) is 70.0. The maximum Gasteiger partial charge on any atom is 0.338 e. The predicted molar refractivity (Wildman–Crippen MR) is 453 cm³/mol. The lowest BCUT2D eigenvalue weighted by Gasteiger charge is -2.55. The maximum absolute atomic E-state index is 15.3. The number of rotatable bonds is 40. The van der Waals surface area contributed by atoms with Crippen molar-refractivity contribution in [1.29, 1.82) is 0 Å². The normalized spacial score (nSPS) is 25.0. The lowest BCUT2D eigenvalue weighted by Crippen LogP contribution is -2.73. The highest BCUT2D eigenvalue weighted by Crippen LogP contribution is 2.47. The van der Waals surface area contributed by atoms with Crippen LogP contribution < -0.4 is 10.4 Å². The molecule has 5 aliphatic rings. The molecule has 5 fully saturated rings. The van der Waals surface area contributed by atoms with Crippen LogP contribution in [-0.2, 0) is 125 Å². The maximum atomic E-state index is 15.3. The average Bonchev–Trinajstić information content (AvgIpc) is 0.731. The SMILES string of the molecule is COC(=O)CCCCCCCCO[C@@H]1O[C@@H]2COC3(CCCCC3)O[C@H]2[C@H](O[C@H]2O[C@H](COCc3ccccc3)[C@@H](OCc3ccccc3)[C@H](OCc3ccccc3)[C@@H]2O[C@@H]2O[C@H](COCc3ccccc3)[C@@H](OCc3ccccc3)[C@H](OCc3ccccc3)[C@@H]2O[Si](c2ccccc2)(c2ccccc2)C(C)(C)C)[C@@H]1OC(=O)c1ccccc1. The molecule has 15 atom stereocenters. The number of ether oxygens (including phenoxy) is 16. The molecule has 9 aromatic carbocycles. The van der Waals surface area contributed by atoms with Gasteiger partial charge in [-0.3, -0.25) is 4.79 Å². The van der Waals surface area contributed by atoms with E-state index in [0.717, 1.165) is 95.1 Å². The van der Waals surface area contributed by atoms with Gasteiger partial charge in [0.25, 0.3) is 8.32 Å². The van der Waals surface area contributed by atoms with Crippen molar-refractivity contribution in [3.8, 4) is 0 Å². The topological polar surface area (TPSA) is 191 Å². The summed E-state index contributed by atoms with van der Waals surface area (Å²) in [4.78, 5) is 27.3. The molecule has 0 unspecified atom stereocenters. The van der Waals surface area contributed by atoms with Crippen molar-refractivity contribution >= 4 is 30.6 Å². The molecule has 14 rings (SSSR count). The third-order valence-corrected chi connectivity index (χ3v) is 28.1. The Morgan fingerprint density at radius 2 is 0.798 bits per heavy atom. The second-order valence-corrected chi connectivity index (χ2v) is 36.8. The predicted octanol–water partition coefficient (Wildman–Crippen LogP) is 16.9. The minimum Gasteiger partial charge on any atom is -0.469 e. The Balaban J connectivity index is 0.955. The Labute approximate surface area is 702 Å². The van der Waals surface area contributed by atoms with Gasteiger partial charge in [-0.25, -0.2) is 4.79 Å². The highest BCUT2D eigenvalue weighted by Gasteiger charge is 2.62. The van der Waals surface area contributed by atoms with Crippen molar-refractivity contribution in [1.82, 2.24) is 0 Å². The molecule has 0 bridgehead atoms. The van der Waals surface area contributed by atoms with Gasteiger partial charge in [-0.2, -0.15) is 0 Å². The standard InChI is InChI=1S/C99H116O19Si/c1-98(2,3)119(79-55-33-16-34-56-79,80-57-35-17-36-58-80)118-93-89(109-68-77-51-29-14-30-52-77)86(107-66-75-47-25-12-26-48-75)82(70-104-64-73-43-21-10-22-44-73)113-97(93)116-91-88(108-67-76-49-27-13-28-50-76)85(106-65-74-45-23-11-24-46-74)81(69-103-63-72-41-19-9-20-42-72)112-96(91)115-90-87-83(71-110-99(117-87)60-38-18-39-61-99)111-95(92(90)114-94(101)78-53-31-15-32-54-78)105-62-40-8-6-5-7-37-59-84(100)102-4/h9-17,19-36,41-58,81-83,85-93,95-97H,5-8,18,37-40,59-71H2,1-4H3/t81-,82-,83-,85-,86-,87-,88+,89+,90+,91+,92+,93+,95-,96-,97+/m1/s1. The molecule has 4 saturated heterocycles. The van der Waals surface area contributed by atoms with E-state index in [-0.39, 0.29) is 72.0 Å². The van der Waals surface area contributed by atoms with Gasteiger partial charge in [0.2, 0.25) is 0 Å². The van der Waals surface area contributed by atoms with Gasteiger partial charge >= 0.3 is 11.9 Å². The molecule has 9 aromatic rings. The van der Waals surface area contributed by atoms with Crippen molar-refractivity contribution in [2.45, 2.75) is 240 Å². The van der Waals surface area contributed by atoms with Crippen LogP contribution in [0, 0.1) is 0 Å². The summed E-state index contributed by atoms with van der Waals surface area (Å²) in [5.74, 6) is -1.89. The van der Waals surface area contributed by atoms with Gasteiger partial charge in [-0.15, -0.1) is 0 Å². The van der Waals surface area contributed by atoms with Crippen molar-refractivity contribution in [2.75, 3.05) is 33.5 Å². The molecule has 0 amide bonds. The fourth-order valence-corrected chi connectivity index (χ4v) is 21.6. The molecule has 0 aromatic heterocycles. The van der Waals surface area contributed by atoms with Crippen LogP contribution in [0.5, 0.6) is 0 Å². The fourth-order valence-electron chi connectivity index (χ4n) is 16.9. The first-order chi connectivity index (χ1) is 58.4. The largest absolute Gasteiger partial charge is 0.469 e. The van der Waals surface area contributed by atoms with E-state index in [1.165, 1.54) is 7.11 Å². The molecular formula is C99H116O19Si. The number of hydrogen-bond donors (Lipinski definition) is 0. The minimum absolute atomic E-state index is 0.00318. The number of carbonyl (C=O) groups excluding carboxylic acids is 2. The molecule has 19 nitrogen and oxygen atoms in total. The Bertz CT molecular complexity index is 4360. The van der Waals surface area contributed by atoms with E-state index in [1.54, 1.807) is 24.3 Å². The number of fused-ring (bicyclic) bond motifs is 1. The smallest absolute Gasteiger partial charge is 0.338 e. The Hall–Kier alpha value is -8.46. The van der Waals surface area contributed by atoms with E-state index in [4.69, 9.17) is 80.2 Å². The first-order valence-corrected chi connectivity index (χ1v) is 44.5. The van der Waals surface area contributed by atoms with Crippen LogP contribution in [0.15, 0.2) is 273 Å². The second-order valence-electron chi connectivity index (χ2n) is 32.5. The van der Waals surface area contributed by atoms with Gasteiger partial charge in [-0.05, 0) is 86.6 Å². The van der Waals surface area contributed by atoms with E-state index < -0.39 is 117 Å². The van der Waals surface area contributed by atoms with Crippen LogP contribution in [0.1, 0.15) is 142 Å². The van der Waals surface area contributed by atoms with Gasteiger partial charge in [0, 0.05) is 25.9 Å². The molecule has 0 N–H and O–H groups in total. The molecule has 1 spiro atoms. The van der Waals surface area contributed by atoms with Crippen molar-refractivity contribution in [3.63, 3.8) is 0 Å². The summed E-state index contributed by atoms with van der Waals surface area (Å²) in [5.41, 5.74) is 5.81. The zero-order valence-electron chi connectivity index (χ0n) is 69.0. The third kappa shape index (κ3) is 23.4. The highest BCUT2D eigenvalue weighted by atomic mass is 28.4. The van der Waals surface area contributed by atoms with Gasteiger partial charge < -0.3 is 80.2 Å². The summed E-state index contributed by atoms with van der Waals surface area (Å²) in [6.07, 6.45) is -7.90. The van der Waals surface area contributed by atoms with Crippen LogP contribution in [0.4, 0.5) is 0 Å². The first kappa shape index (κ1) is 86.9. The molecular weight excluding hydrogens is 1520 g/mol. The Morgan fingerprint density at radius 1 is 0.403 bits per heavy atom. The van der Waals surface area contributed by atoms with Crippen molar-refractivity contribution < 1.29 is 89.8 Å². The lowest BCUT2D eigenvalue weighted by atomic mass is 9.90. The summed E-state index contributed by atoms with van der Waals surface area (Å²) in [7, 11) is -2.34. The molecule has 4 heterocycles. The number of benzene rings is 9. The van der Waals surface area contributed by atoms with Crippen LogP contribution in [-0.4, -0.2) is 152 Å². The van der Waals surface area contributed by atoms with Crippen molar-refractivity contribution in [3.05, 3.63) is 312 Å². The average molecular weight is 1640 g/mol. The van der Waals surface area contributed by atoms with E-state index in [2.05, 4.69) is 81.4 Å². The minimum atomic E-state index is -3.76. The van der Waals surface area contributed by atoms with Gasteiger partial charge in [0.1, 0.15) is 67.1 Å². The number of methoxy groups -OCH3 is 1. The monoisotopic (exact) mass is 1640 g/mol. The number of esters is 2. The molecule has 1 saturated carbocycles. The van der Waals surface area contributed by atoms with Crippen molar-refractivity contribution in [2.24, 2.45) is 0 Å². The van der Waals surface area contributed by atoms with Crippen LogP contribution >= 0.6 is 0 Å². The first-order valence-electron chi connectivity index (χ1n) is 42.6. The van der Waals surface area contributed by atoms with Crippen LogP contribution in [0.25, 0.3) is 0 Å². The Kier molecular flexibility index (Phi) is 32.0. The number of unbranched alkanes of at least 4 members (excludes halogenated alkanes) is 5. The summed E-state index contributed by atoms with van der Waals surface area (Å²) in [6.45, 7) is 8.01. The quantitative estimate of drug-likeness (QED) is 0.0200. The van der Waals surface area contributed by atoms with Gasteiger partial charge in [-0.1, -0.05) is 314 Å². The zero-order chi connectivity index (χ0) is 81.9. The molecule has 4 aliphatic heterocycles. The summed E-state index contributed by atoms with van der Waals surface area (Å²) in [6, 6.07) is 90.2. The van der Waals surface area contributed by atoms with E-state index >= 15 is 4.79 Å². The van der Waals surface area contributed by atoms with Gasteiger partial charge in [0.15, 0.2) is 30.8 Å². The summed E-state index contributed by atoms with van der Waals surface area (Å²) < 4.78 is 125. The lowest BCUT2D eigenvalue weighted by molar-refractivity contribution is -0.424. The number of hydrogen-bond acceptors (Lipinski definition) is 19. The summed E-state index contributed by atoms with van der Waals surface area (Å²) >= 11 is 0. The van der Waals surface area contributed by atoms with E-state index in [1.807, 2.05) is 188 Å². The van der Waals surface area contributed by atoms with E-state index in [0.29, 0.717) is 31.2 Å². The molecule has 20 heteroatoms. The van der Waals surface area contributed by atoms with Crippen LogP contribution in [0.2, 0.25) is 5.04 Å². The molecule has 1 aliphatic carbocycles. The third-order valence-electron chi connectivity index (χ3n) is 23.0. The van der Waals surface area contributed by atoms with Gasteiger partial charge in [0.05, 0.1) is 72.1 Å². The second kappa shape index (κ2) is 43.9. The molecule has 630 valence electrons. The number of carbonyl (C=O) groups is 2. The molecule has 119 heavy (non-hydrogen) atoms. The van der Waals surface area contributed by atoms with Crippen LogP contribution in [0.3, 0.4) is 0 Å². The van der Waals surface area contributed by atoms with E-state index in [9.17, 15) is 4.79 Å². The molecule has 0 radical (unpaired) electrons. The fraction of sp³-hybridized carbons (Fsp3) is 0.434.